The quantitative estimate of drug-likeness (QED) is 0.741. The molecule has 3 rings (SSSR count). The van der Waals surface area contributed by atoms with Gasteiger partial charge in [0, 0.05) is 0 Å². The highest BCUT2D eigenvalue weighted by Gasteiger charge is 2.40. The summed E-state index contributed by atoms with van der Waals surface area (Å²) in [6.45, 7) is 4.45. The van der Waals surface area contributed by atoms with Crippen molar-refractivity contribution in [1.29, 1.82) is 0 Å². The van der Waals surface area contributed by atoms with Gasteiger partial charge in [0.25, 0.3) is 0 Å². The Labute approximate surface area is 121 Å². The highest BCUT2D eigenvalue weighted by Crippen LogP contribution is 2.44. The molecular formula is C19H22O. The molecular weight excluding hydrogens is 244 g/mol. The normalized spacial score (nSPS) is 15.6. The topological polar surface area (TPSA) is 9.23 Å². The van der Waals surface area contributed by atoms with E-state index in [0.717, 1.165) is 0 Å². The van der Waals surface area contributed by atoms with E-state index in [1.54, 1.807) is 0 Å². The van der Waals surface area contributed by atoms with Crippen molar-refractivity contribution in [3.05, 3.63) is 71.8 Å². The molecule has 0 aliphatic heterocycles. The lowest BCUT2D eigenvalue weighted by Crippen LogP contribution is -2.29. The Balaban J connectivity index is 1.92. The molecule has 0 unspecified atom stereocenters. The predicted octanol–water partition coefficient (Wildman–Crippen LogP) is 4.98. The van der Waals surface area contributed by atoms with Crippen LogP contribution in [0.4, 0.5) is 0 Å². The molecule has 1 saturated carbocycles. The Morgan fingerprint density at radius 3 is 1.70 bits per heavy atom. The summed E-state index contributed by atoms with van der Waals surface area (Å²) < 4.78 is 6.53. The fourth-order valence-electron chi connectivity index (χ4n) is 2.76. The smallest absolute Gasteiger partial charge is 0.108 e. The number of hydrogen-bond donors (Lipinski definition) is 0. The molecule has 1 heteroatoms. The van der Waals surface area contributed by atoms with Crippen molar-refractivity contribution in [2.45, 2.75) is 38.4 Å². The van der Waals surface area contributed by atoms with Gasteiger partial charge in [-0.2, -0.15) is 0 Å². The zero-order valence-electron chi connectivity index (χ0n) is 12.3. The van der Waals surface area contributed by atoms with E-state index >= 15 is 0 Å². The Hall–Kier alpha value is -1.60. The van der Waals surface area contributed by atoms with Gasteiger partial charge in [-0.15, -0.1) is 0 Å². The molecule has 0 spiro atoms. The lowest BCUT2D eigenvalue weighted by atomic mass is 9.98. The summed E-state index contributed by atoms with van der Waals surface area (Å²) >= 11 is 0. The van der Waals surface area contributed by atoms with Gasteiger partial charge in [-0.1, -0.05) is 60.7 Å². The van der Waals surface area contributed by atoms with Crippen LogP contribution >= 0.6 is 0 Å². The average molecular weight is 266 g/mol. The summed E-state index contributed by atoms with van der Waals surface area (Å²) in [5.74, 6) is 0.706. The van der Waals surface area contributed by atoms with E-state index in [0.29, 0.717) is 5.92 Å². The highest BCUT2D eigenvalue weighted by atomic mass is 16.5. The Morgan fingerprint density at radius 2 is 1.30 bits per heavy atom. The summed E-state index contributed by atoms with van der Waals surface area (Å²) in [4.78, 5) is 0. The molecule has 0 atom stereocenters. The van der Waals surface area contributed by atoms with Gasteiger partial charge in [0.15, 0.2) is 0 Å². The third kappa shape index (κ3) is 2.94. The maximum absolute atomic E-state index is 6.53. The van der Waals surface area contributed by atoms with Crippen molar-refractivity contribution in [3.63, 3.8) is 0 Å². The lowest BCUT2D eigenvalue weighted by molar-refractivity contribution is -0.0702. The Bertz CT molecular complexity index is 501. The molecule has 0 radical (unpaired) electrons. The molecule has 0 aromatic heterocycles. The molecule has 2 aromatic rings. The zero-order chi connectivity index (χ0) is 14.0. The fraction of sp³-hybridized carbons (Fsp3) is 0.368. The second-order valence-corrected chi connectivity index (χ2v) is 6.20. The highest BCUT2D eigenvalue weighted by molar-refractivity contribution is 5.30. The number of ether oxygens (including phenoxy) is 1. The van der Waals surface area contributed by atoms with E-state index in [1.165, 1.54) is 24.0 Å². The largest absolute Gasteiger partial charge is 0.363 e. The van der Waals surface area contributed by atoms with E-state index < -0.39 is 0 Å². The SMILES string of the molecule is CC(C)(OC(c1ccccc1)c1ccccc1)C1CC1. The van der Waals surface area contributed by atoms with Gasteiger partial charge in [0.05, 0.1) is 5.60 Å². The molecule has 2 aromatic carbocycles. The number of hydrogen-bond acceptors (Lipinski definition) is 1. The van der Waals surface area contributed by atoms with Crippen LogP contribution in [0.5, 0.6) is 0 Å². The molecule has 1 fully saturated rings. The first-order valence-electron chi connectivity index (χ1n) is 7.44. The lowest BCUT2D eigenvalue weighted by Gasteiger charge is -2.31. The molecule has 0 N–H and O–H groups in total. The molecule has 1 aliphatic carbocycles. The van der Waals surface area contributed by atoms with Crippen molar-refractivity contribution in [3.8, 4) is 0 Å². The third-order valence-electron chi connectivity index (χ3n) is 4.19. The van der Waals surface area contributed by atoms with Crippen molar-refractivity contribution in [2.24, 2.45) is 5.92 Å². The van der Waals surface area contributed by atoms with Gasteiger partial charge in [-0.3, -0.25) is 0 Å². The molecule has 20 heavy (non-hydrogen) atoms. The maximum Gasteiger partial charge on any atom is 0.108 e. The summed E-state index contributed by atoms with van der Waals surface area (Å²) in [6.07, 6.45) is 2.61. The number of benzene rings is 2. The van der Waals surface area contributed by atoms with Crippen LogP contribution in [0, 0.1) is 5.92 Å². The summed E-state index contributed by atoms with van der Waals surface area (Å²) in [6, 6.07) is 21.0. The predicted molar refractivity (Wildman–Crippen MR) is 82.6 cm³/mol. The minimum Gasteiger partial charge on any atom is -0.363 e. The molecule has 1 aliphatic rings. The monoisotopic (exact) mass is 266 g/mol. The minimum atomic E-state index is -0.0592. The van der Waals surface area contributed by atoms with Crippen LogP contribution < -0.4 is 0 Å². The molecule has 0 saturated heterocycles. The fourth-order valence-corrected chi connectivity index (χ4v) is 2.76. The van der Waals surface area contributed by atoms with Crippen molar-refractivity contribution >= 4 is 0 Å². The summed E-state index contributed by atoms with van der Waals surface area (Å²) in [7, 11) is 0. The van der Waals surface area contributed by atoms with E-state index in [9.17, 15) is 0 Å². The van der Waals surface area contributed by atoms with Crippen molar-refractivity contribution < 1.29 is 4.74 Å². The molecule has 0 amide bonds. The Morgan fingerprint density at radius 1 is 0.850 bits per heavy atom. The Kier molecular flexibility index (Phi) is 3.62. The first-order chi connectivity index (χ1) is 9.67. The van der Waals surface area contributed by atoms with E-state index in [2.05, 4.69) is 74.5 Å². The van der Waals surface area contributed by atoms with Crippen LogP contribution in [0.15, 0.2) is 60.7 Å². The summed E-state index contributed by atoms with van der Waals surface area (Å²) in [5.41, 5.74) is 2.40. The van der Waals surface area contributed by atoms with Gasteiger partial charge < -0.3 is 4.74 Å². The van der Waals surface area contributed by atoms with Crippen LogP contribution in [-0.2, 0) is 4.74 Å². The van der Waals surface area contributed by atoms with Crippen LogP contribution in [0.3, 0.4) is 0 Å². The minimum absolute atomic E-state index is 0.0213. The van der Waals surface area contributed by atoms with E-state index in [-0.39, 0.29) is 11.7 Å². The van der Waals surface area contributed by atoms with E-state index in [4.69, 9.17) is 4.74 Å². The maximum atomic E-state index is 6.53. The van der Waals surface area contributed by atoms with Crippen LogP contribution in [0.25, 0.3) is 0 Å². The second kappa shape index (κ2) is 5.41. The van der Waals surface area contributed by atoms with Gasteiger partial charge in [-0.05, 0) is 43.7 Å². The van der Waals surface area contributed by atoms with Gasteiger partial charge in [-0.25, -0.2) is 0 Å². The molecule has 104 valence electrons. The van der Waals surface area contributed by atoms with Crippen molar-refractivity contribution in [1.82, 2.24) is 0 Å². The van der Waals surface area contributed by atoms with Gasteiger partial charge in [0.1, 0.15) is 6.10 Å². The standard InChI is InChI=1S/C19H22O/c1-19(2,17-13-14-17)20-18(15-9-5-3-6-10-15)16-11-7-4-8-12-16/h3-12,17-18H,13-14H2,1-2H3. The van der Waals surface area contributed by atoms with Crippen LogP contribution in [-0.4, -0.2) is 5.60 Å². The molecule has 1 nitrogen and oxygen atoms in total. The zero-order valence-corrected chi connectivity index (χ0v) is 12.3. The third-order valence-corrected chi connectivity index (χ3v) is 4.19. The molecule has 0 heterocycles. The molecule has 0 bridgehead atoms. The first-order valence-corrected chi connectivity index (χ1v) is 7.44. The van der Waals surface area contributed by atoms with Gasteiger partial charge in [0.2, 0.25) is 0 Å². The number of rotatable bonds is 5. The van der Waals surface area contributed by atoms with E-state index in [1.807, 2.05) is 0 Å². The second-order valence-electron chi connectivity index (χ2n) is 6.20. The first kappa shape index (κ1) is 13.4. The van der Waals surface area contributed by atoms with Crippen molar-refractivity contribution in [2.75, 3.05) is 0 Å². The average Bonchev–Trinajstić information content (AvgIpc) is 3.32. The summed E-state index contributed by atoms with van der Waals surface area (Å²) in [5, 5.41) is 0. The van der Waals surface area contributed by atoms with Gasteiger partial charge >= 0.3 is 0 Å². The van der Waals surface area contributed by atoms with Crippen LogP contribution in [0.2, 0.25) is 0 Å². The van der Waals surface area contributed by atoms with Crippen LogP contribution in [0.1, 0.15) is 43.9 Å².